The number of nitrogens with one attached hydrogen (secondary N) is 1. The van der Waals surface area contributed by atoms with Crippen LogP contribution >= 0.6 is 0 Å². The Balaban J connectivity index is 1.89. The molecule has 0 aromatic heterocycles. The lowest BCUT2D eigenvalue weighted by Crippen LogP contribution is -2.44. The third-order valence-corrected chi connectivity index (χ3v) is 4.11. The average Bonchev–Trinajstić information content (AvgIpc) is 2.85. The van der Waals surface area contributed by atoms with Gasteiger partial charge in [-0.3, -0.25) is 14.6 Å². The van der Waals surface area contributed by atoms with E-state index in [4.69, 9.17) is 6.42 Å². The lowest BCUT2D eigenvalue weighted by Gasteiger charge is -2.27. The van der Waals surface area contributed by atoms with Gasteiger partial charge in [0.25, 0.3) is 0 Å². The summed E-state index contributed by atoms with van der Waals surface area (Å²) in [7, 11) is 1.67. The fraction of sp³-hybridized carbons (Fsp3) is 0.444. The van der Waals surface area contributed by atoms with E-state index in [1.165, 1.54) is 17.0 Å². The van der Waals surface area contributed by atoms with Crippen molar-refractivity contribution in [2.75, 3.05) is 51.2 Å². The summed E-state index contributed by atoms with van der Waals surface area (Å²) in [6.45, 7) is 3.01. The summed E-state index contributed by atoms with van der Waals surface area (Å²) in [5, 5.41) is 2.64. The molecule has 1 N–H and O–H groups in total. The van der Waals surface area contributed by atoms with Crippen molar-refractivity contribution < 1.29 is 14.0 Å². The van der Waals surface area contributed by atoms with Crippen LogP contribution in [0.25, 0.3) is 0 Å². The largest absolute Gasteiger partial charge is 0.344 e. The van der Waals surface area contributed by atoms with Crippen molar-refractivity contribution in [3.63, 3.8) is 0 Å². The molecule has 1 heterocycles. The maximum atomic E-state index is 13.0. The number of terminal acetylenes is 1. The predicted molar refractivity (Wildman–Crippen MR) is 94.7 cm³/mol. The zero-order valence-electron chi connectivity index (χ0n) is 14.4. The van der Waals surface area contributed by atoms with Crippen LogP contribution in [0.2, 0.25) is 0 Å². The smallest absolute Gasteiger partial charge is 0.324 e. The number of hydrogen-bond donors (Lipinski definition) is 1. The minimum atomic E-state index is -0.335. The molecular formula is C18H23FN4O2. The fourth-order valence-corrected chi connectivity index (χ4v) is 2.72. The van der Waals surface area contributed by atoms with E-state index in [9.17, 15) is 14.0 Å². The number of anilines is 1. The van der Waals surface area contributed by atoms with E-state index in [0.717, 1.165) is 13.0 Å². The van der Waals surface area contributed by atoms with E-state index in [1.807, 2.05) is 4.90 Å². The first kappa shape index (κ1) is 18.7. The molecule has 1 aliphatic heterocycles. The average molecular weight is 346 g/mol. The van der Waals surface area contributed by atoms with Crippen molar-refractivity contribution in [2.24, 2.45) is 0 Å². The Kier molecular flexibility index (Phi) is 6.78. The number of carbonyl (C=O) groups excluding carboxylic acids is 2. The van der Waals surface area contributed by atoms with Gasteiger partial charge in [0, 0.05) is 38.9 Å². The number of nitrogens with zero attached hydrogens (tertiary/aromatic N) is 3. The number of carbonyl (C=O) groups is 2. The number of hydrogen-bond acceptors (Lipinski definition) is 3. The Morgan fingerprint density at radius 2 is 1.96 bits per heavy atom. The van der Waals surface area contributed by atoms with Crippen LogP contribution in [0.4, 0.5) is 14.9 Å². The molecule has 25 heavy (non-hydrogen) atoms. The molecule has 1 aromatic carbocycles. The molecule has 1 aliphatic rings. The molecule has 6 nitrogen and oxygen atoms in total. The Hall–Kier alpha value is -2.59. The van der Waals surface area contributed by atoms with Crippen LogP contribution in [-0.2, 0) is 4.79 Å². The molecule has 1 aromatic rings. The van der Waals surface area contributed by atoms with Gasteiger partial charge >= 0.3 is 6.03 Å². The summed E-state index contributed by atoms with van der Waals surface area (Å²) in [6.07, 6.45) is 5.91. The van der Waals surface area contributed by atoms with Crippen molar-refractivity contribution in [2.45, 2.75) is 6.42 Å². The lowest BCUT2D eigenvalue weighted by molar-refractivity contribution is -0.121. The summed E-state index contributed by atoms with van der Waals surface area (Å²) in [5.74, 6) is 1.92. The second kappa shape index (κ2) is 9.04. The maximum absolute atomic E-state index is 13.0. The normalized spacial score (nSPS) is 15.2. The van der Waals surface area contributed by atoms with E-state index < -0.39 is 0 Å². The van der Waals surface area contributed by atoms with Gasteiger partial charge in [-0.25, -0.2) is 9.18 Å². The third kappa shape index (κ3) is 5.47. The highest BCUT2D eigenvalue weighted by Crippen LogP contribution is 2.16. The van der Waals surface area contributed by atoms with E-state index >= 15 is 0 Å². The van der Waals surface area contributed by atoms with Crippen molar-refractivity contribution in [1.29, 1.82) is 0 Å². The molecule has 0 spiro atoms. The Morgan fingerprint density at radius 3 is 2.64 bits per heavy atom. The predicted octanol–water partition coefficient (Wildman–Crippen LogP) is 1.14. The maximum Gasteiger partial charge on any atom is 0.324 e. The van der Waals surface area contributed by atoms with Crippen LogP contribution in [0.5, 0.6) is 0 Å². The van der Waals surface area contributed by atoms with Gasteiger partial charge in [-0.15, -0.1) is 6.42 Å². The molecule has 0 radical (unpaired) electrons. The minimum absolute atomic E-state index is 0.110. The lowest BCUT2D eigenvalue weighted by atomic mass is 10.3. The van der Waals surface area contributed by atoms with Crippen LogP contribution in [0.15, 0.2) is 24.3 Å². The number of amides is 3. The van der Waals surface area contributed by atoms with Gasteiger partial charge in [0.05, 0.1) is 13.1 Å². The zero-order chi connectivity index (χ0) is 18.2. The molecule has 7 heteroatoms. The second-order valence-electron chi connectivity index (χ2n) is 5.92. The first-order valence-electron chi connectivity index (χ1n) is 8.22. The first-order chi connectivity index (χ1) is 12.0. The summed E-state index contributed by atoms with van der Waals surface area (Å²) in [4.78, 5) is 29.7. The SMILES string of the molecule is C#CCNC(=O)CN1CCCN(C(=O)N(C)c2ccc(F)cc2)CC1. The van der Waals surface area contributed by atoms with Crippen molar-refractivity contribution in [3.8, 4) is 12.3 Å². The molecule has 0 bridgehead atoms. The third-order valence-electron chi connectivity index (χ3n) is 4.11. The van der Waals surface area contributed by atoms with Crippen LogP contribution in [0.1, 0.15) is 6.42 Å². The summed E-state index contributed by atoms with van der Waals surface area (Å²) >= 11 is 0. The molecular weight excluding hydrogens is 323 g/mol. The summed E-state index contributed by atoms with van der Waals surface area (Å²) in [6, 6.07) is 5.68. The zero-order valence-corrected chi connectivity index (χ0v) is 14.4. The van der Waals surface area contributed by atoms with Gasteiger partial charge in [-0.05, 0) is 30.7 Å². The highest BCUT2D eigenvalue weighted by molar-refractivity contribution is 5.91. The molecule has 0 atom stereocenters. The topological polar surface area (TPSA) is 55.9 Å². The molecule has 0 aliphatic carbocycles. The summed E-state index contributed by atoms with van der Waals surface area (Å²) < 4.78 is 13.0. The number of urea groups is 1. The van der Waals surface area contributed by atoms with Crippen molar-refractivity contribution in [3.05, 3.63) is 30.1 Å². The highest BCUT2D eigenvalue weighted by atomic mass is 19.1. The standard InChI is InChI=1S/C18H23FN4O2/c1-3-9-20-17(24)14-22-10-4-11-23(13-12-22)18(25)21(2)16-7-5-15(19)6-8-16/h1,5-8H,4,9-14H2,2H3,(H,20,24). The van der Waals surface area contributed by atoms with Gasteiger partial charge in [-0.2, -0.15) is 0 Å². The van der Waals surface area contributed by atoms with Gasteiger partial charge < -0.3 is 10.2 Å². The Bertz CT molecular complexity index is 641. The molecule has 134 valence electrons. The number of benzene rings is 1. The molecule has 1 saturated heterocycles. The van der Waals surface area contributed by atoms with Crippen LogP contribution < -0.4 is 10.2 Å². The number of halogens is 1. The van der Waals surface area contributed by atoms with E-state index in [1.54, 1.807) is 24.1 Å². The van der Waals surface area contributed by atoms with Crippen LogP contribution in [-0.4, -0.2) is 68.1 Å². The van der Waals surface area contributed by atoms with Crippen molar-refractivity contribution >= 4 is 17.6 Å². The highest BCUT2D eigenvalue weighted by Gasteiger charge is 2.23. The van der Waals surface area contributed by atoms with Crippen molar-refractivity contribution in [1.82, 2.24) is 15.1 Å². The van der Waals surface area contributed by atoms with Gasteiger partial charge in [0.1, 0.15) is 5.82 Å². The molecule has 0 unspecified atom stereocenters. The minimum Gasteiger partial charge on any atom is -0.344 e. The quantitative estimate of drug-likeness (QED) is 0.832. The van der Waals surface area contributed by atoms with Gasteiger partial charge in [0.2, 0.25) is 5.91 Å². The van der Waals surface area contributed by atoms with E-state index in [2.05, 4.69) is 11.2 Å². The van der Waals surface area contributed by atoms with Gasteiger partial charge in [-0.1, -0.05) is 5.92 Å². The Labute approximate surface area is 147 Å². The van der Waals surface area contributed by atoms with Crippen LogP contribution in [0.3, 0.4) is 0 Å². The monoisotopic (exact) mass is 346 g/mol. The fourth-order valence-electron chi connectivity index (χ4n) is 2.72. The Morgan fingerprint density at radius 1 is 1.24 bits per heavy atom. The molecule has 1 fully saturated rings. The summed E-state index contributed by atoms with van der Waals surface area (Å²) in [5.41, 5.74) is 0.640. The molecule has 2 rings (SSSR count). The molecule has 0 saturated carbocycles. The number of rotatable bonds is 4. The van der Waals surface area contributed by atoms with Crippen LogP contribution in [0, 0.1) is 18.2 Å². The second-order valence-corrected chi connectivity index (χ2v) is 5.92. The molecule has 3 amide bonds. The first-order valence-corrected chi connectivity index (χ1v) is 8.22. The van der Waals surface area contributed by atoms with E-state index in [0.29, 0.717) is 25.3 Å². The van der Waals surface area contributed by atoms with Gasteiger partial charge in [0.15, 0.2) is 0 Å². The van der Waals surface area contributed by atoms with E-state index in [-0.39, 0.29) is 30.8 Å².